The number of thiazole rings is 1. The largest absolute Gasteiger partial charge is 0.412 e. The molecule has 0 saturated carbocycles. The average molecular weight is 567 g/mol. The van der Waals surface area contributed by atoms with Crippen LogP contribution >= 0.6 is 11.3 Å². The molecule has 0 bridgehead atoms. The van der Waals surface area contributed by atoms with E-state index in [9.17, 15) is 27.6 Å². The summed E-state index contributed by atoms with van der Waals surface area (Å²) in [6.07, 6.45) is -1.26. The molecule has 3 amide bonds. The highest BCUT2D eigenvalue weighted by Crippen LogP contribution is 2.32. The van der Waals surface area contributed by atoms with Gasteiger partial charge in [0.05, 0.1) is 13.2 Å². The topological polar surface area (TPSA) is 154 Å². The van der Waals surface area contributed by atoms with Crippen LogP contribution in [0.4, 0.5) is 23.8 Å². The van der Waals surface area contributed by atoms with E-state index in [1.165, 1.54) is 24.1 Å². The number of aromatic nitrogens is 2. The number of hydrogen-bond acceptors (Lipinski definition) is 10. The molecule has 2 aliphatic heterocycles. The van der Waals surface area contributed by atoms with Gasteiger partial charge < -0.3 is 30.7 Å². The van der Waals surface area contributed by atoms with Gasteiger partial charge in [-0.25, -0.2) is 9.78 Å². The predicted octanol–water partition coefficient (Wildman–Crippen LogP) is 2.32. The Labute approximate surface area is 224 Å². The lowest BCUT2D eigenvalue weighted by Gasteiger charge is -2.25. The second kappa shape index (κ2) is 11.2. The van der Waals surface area contributed by atoms with Crippen LogP contribution in [-0.2, 0) is 16.1 Å². The molecule has 0 spiro atoms. The van der Waals surface area contributed by atoms with Gasteiger partial charge in [-0.3, -0.25) is 14.9 Å². The van der Waals surface area contributed by atoms with Crippen molar-refractivity contribution in [1.82, 2.24) is 36.3 Å². The standard InChI is InChI=1S/C23H25F3N8O4S/c1-11-4-14(6-27-18(11)23(24,25)26)21-31-17(9-39-21)30-20(36)13(3)34-10-29-19(16(34)8-35)32-22(37)28-7-15-5-12(2)38-33-15/h4-6,8-9,13,18,27,29H,7,10H2,1-3H3,(H,30,36)(H2,28,32,37)/t13-,18?/m0/s1. The predicted molar refractivity (Wildman–Crippen MR) is 134 cm³/mol. The van der Waals surface area contributed by atoms with Crippen molar-refractivity contribution in [2.45, 2.75) is 45.6 Å². The number of dihydropyridines is 1. The van der Waals surface area contributed by atoms with Crippen molar-refractivity contribution < 1.29 is 32.1 Å². The summed E-state index contributed by atoms with van der Waals surface area (Å²) in [6.45, 7) is 4.85. The van der Waals surface area contributed by atoms with E-state index in [0.29, 0.717) is 28.3 Å². The Bertz CT molecular complexity index is 1360. The number of allylic oxidation sites excluding steroid dienone is 3. The number of anilines is 1. The monoisotopic (exact) mass is 566 g/mol. The van der Waals surface area contributed by atoms with E-state index in [-0.39, 0.29) is 36.1 Å². The summed E-state index contributed by atoms with van der Waals surface area (Å²) in [5, 5.41) is 18.8. The molecule has 2 atom stereocenters. The van der Waals surface area contributed by atoms with Crippen LogP contribution in [0.2, 0.25) is 0 Å². The van der Waals surface area contributed by atoms with Crippen molar-refractivity contribution in [2.75, 3.05) is 12.0 Å². The van der Waals surface area contributed by atoms with Gasteiger partial charge in [0.25, 0.3) is 0 Å². The lowest BCUT2D eigenvalue weighted by molar-refractivity contribution is -0.144. The SMILES string of the molecule is CC1=CC(c2nc(NC(=O)[C@H](C)N3CNC(NC(=O)NCc4cc(C)on4)=C3C=O)cs2)=CNC1C(F)(F)F. The smallest absolute Gasteiger partial charge is 0.376 e. The first-order valence-corrected chi connectivity index (χ1v) is 12.5. The van der Waals surface area contributed by atoms with Crippen LogP contribution in [0.3, 0.4) is 0 Å². The first-order chi connectivity index (χ1) is 18.5. The number of carbonyl (C=O) groups is 3. The first kappa shape index (κ1) is 27.7. The highest BCUT2D eigenvalue weighted by atomic mass is 32.1. The van der Waals surface area contributed by atoms with Crippen LogP contribution < -0.4 is 26.6 Å². The number of nitrogens with one attached hydrogen (secondary N) is 5. The Balaban J connectivity index is 1.35. The molecule has 2 aromatic rings. The summed E-state index contributed by atoms with van der Waals surface area (Å²) in [6, 6.07) is -1.53. The minimum Gasteiger partial charge on any atom is -0.376 e. The second-order valence-corrected chi connectivity index (χ2v) is 9.61. The Morgan fingerprint density at radius 1 is 1.33 bits per heavy atom. The van der Waals surface area contributed by atoms with Crippen LogP contribution in [0.15, 0.2) is 45.3 Å². The Morgan fingerprint density at radius 2 is 2.10 bits per heavy atom. The fourth-order valence-corrected chi connectivity index (χ4v) is 4.62. The Kier molecular flexibility index (Phi) is 7.94. The van der Waals surface area contributed by atoms with Gasteiger partial charge in [-0.2, -0.15) is 13.2 Å². The number of carbonyl (C=O) groups excluding carboxylic acids is 3. The van der Waals surface area contributed by atoms with E-state index in [0.717, 1.165) is 11.3 Å². The summed E-state index contributed by atoms with van der Waals surface area (Å²) < 4.78 is 44.1. The molecule has 0 saturated heterocycles. The van der Waals surface area contributed by atoms with Crippen LogP contribution in [0.1, 0.15) is 30.3 Å². The van der Waals surface area contributed by atoms with Crippen molar-refractivity contribution in [1.29, 1.82) is 0 Å². The van der Waals surface area contributed by atoms with E-state index in [1.54, 1.807) is 25.3 Å². The first-order valence-electron chi connectivity index (χ1n) is 11.6. The van der Waals surface area contributed by atoms with Crippen molar-refractivity contribution in [3.63, 3.8) is 0 Å². The van der Waals surface area contributed by atoms with Gasteiger partial charge in [0.2, 0.25) is 5.91 Å². The van der Waals surface area contributed by atoms with E-state index in [4.69, 9.17) is 4.52 Å². The molecule has 4 heterocycles. The normalized spacial score (nSPS) is 18.0. The molecule has 2 aromatic heterocycles. The van der Waals surface area contributed by atoms with Crippen molar-refractivity contribution in [3.8, 4) is 0 Å². The zero-order valence-electron chi connectivity index (χ0n) is 21.0. The third kappa shape index (κ3) is 6.39. The van der Waals surface area contributed by atoms with Crippen molar-refractivity contribution in [2.24, 2.45) is 0 Å². The van der Waals surface area contributed by atoms with Gasteiger partial charge in [0.1, 0.15) is 45.9 Å². The highest BCUT2D eigenvalue weighted by Gasteiger charge is 2.41. The zero-order chi connectivity index (χ0) is 28.3. The van der Waals surface area contributed by atoms with Crippen molar-refractivity contribution >= 4 is 41.0 Å². The maximum Gasteiger partial charge on any atom is 0.412 e. The van der Waals surface area contributed by atoms with Crippen LogP contribution in [0.25, 0.3) is 5.57 Å². The maximum atomic E-state index is 13.1. The van der Waals surface area contributed by atoms with Gasteiger partial charge >= 0.3 is 12.2 Å². The second-order valence-electron chi connectivity index (χ2n) is 8.75. The van der Waals surface area contributed by atoms with Gasteiger partial charge in [-0.1, -0.05) is 5.16 Å². The lowest BCUT2D eigenvalue weighted by atomic mass is 10.0. The number of aldehydes is 1. The van der Waals surface area contributed by atoms with Gasteiger partial charge in [-0.05, 0) is 32.4 Å². The lowest BCUT2D eigenvalue weighted by Crippen LogP contribution is -2.42. The number of alkyl halides is 3. The zero-order valence-corrected chi connectivity index (χ0v) is 21.8. The van der Waals surface area contributed by atoms with Gasteiger partial charge in [0, 0.05) is 23.2 Å². The summed E-state index contributed by atoms with van der Waals surface area (Å²) >= 11 is 1.15. The van der Waals surface area contributed by atoms with Crippen LogP contribution in [-0.4, -0.2) is 58.2 Å². The van der Waals surface area contributed by atoms with Gasteiger partial charge in [-0.15, -0.1) is 11.3 Å². The van der Waals surface area contributed by atoms with Crippen molar-refractivity contribution in [3.05, 3.63) is 57.3 Å². The molecular weight excluding hydrogens is 541 g/mol. The van der Waals surface area contributed by atoms with E-state index >= 15 is 0 Å². The molecule has 1 unspecified atom stereocenters. The molecule has 39 heavy (non-hydrogen) atoms. The fourth-order valence-electron chi connectivity index (χ4n) is 3.88. The molecule has 16 heteroatoms. The molecule has 2 aliphatic rings. The fraction of sp³-hybridized carbons (Fsp3) is 0.348. The molecule has 0 aliphatic carbocycles. The Hall–Kier alpha value is -4.34. The molecule has 0 fully saturated rings. The van der Waals surface area contributed by atoms with E-state index < -0.39 is 30.2 Å². The third-order valence-corrected chi connectivity index (χ3v) is 6.76. The molecular formula is C23H25F3N8O4S. The highest BCUT2D eigenvalue weighted by molar-refractivity contribution is 7.11. The number of urea groups is 1. The summed E-state index contributed by atoms with van der Waals surface area (Å²) in [5.41, 5.74) is 1.14. The van der Waals surface area contributed by atoms with Gasteiger partial charge in [0.15, 0.2) is 6.29 Å². The molecule has 0 radical (unpaired) electrons. The summed E-state index contributed by atoms with van der Waals surface area (Å²) in [5.74, 6) is 0.452. The molecule has 5 N–H and O–H groups in total. The number of rotatable bonds is 8. The molecule has 12 nitrogen and oxygen atoms in total. The number of halogens is 3. The molecule has 4 rings (SSSR count). The quantitative estimate of drug-likeness (QED) is 0.303. The summed E-state index contributed by atoms with van der Waals surface area (Å²) in [4.78, 5) is 42.7. The summed E-state index contributed by atoms with van der Waals surface area (Å²) in [7, 11) is 0. The van der Waals surface area contributed by atoms with E-state index in [2.05, 4.69) is 36.7 Å². The van der Waals surface area contributed by atoms with E-state index in [1.807, 2.05) is 0 Å². The average Bonchev–Trinajstić information content (AvgIpc) is 3.61. The molecule has 208 valence electrons. The van der Waals surface area contributed by atoms with Crippen LogP contribution in [0.5, 0.6) is 0 Å². The maximum absolute atomic E-state index is 13.1. The third-order valence-electron chi connectivity index (χ3n) is 5.87. The van der Waals surface area contributed by atoms with Crippen LogP contribution in [0, 0.1) is 6.92 Å². The minimum absolute atomic E-state index is 0.0716. The number of hydrogen-bond donors (Lipinski definition) is 5. The minimum atomic E-state index is -4.42. The number of nitrogens with zero attached hydrogens (tertiary/aromatic N) is 3. The number of aryl methyl sites for hydroxylation is 1. The molecule has 0 aromatic carbocycles. The number of amides is 3. The Morgan fingerprint density at radius 3 is 2.74 bits per heavy atom.